The van der Waals surface area contributed by atoms with Gasteiger partial charge in [0.15, 0.2) is 0 Å². The number of sulfonamides is 1. The van der Waals surface area contributed by atoms with E-state index in [4.69, 9.17) is 24.2 Å². The molecule has 3 rings (SSSR count). The van der Waals surface area contributed by atoms with Crippen molar-refractivity contribution in [3.8, 4) is 0 Å². The molecule has 2 aromatic carbocycles. The van der Waals surface area contributed by atoms with Gasteiger partial charge in [0.05, 0.1) is 23.0 Å². The van der Waals surface area contributed by atoms with Gasteiger partial charge in [-0.25, -0.2) is 13.2 Å². The van der Waals surface area contributed by atoms with Crippen molar-refractivity contribution in [3.05, 3.63) is 70.3 Å². The summed E-state index contributed by atoms with van der Waals surface area (Å²) in [5.41, 5.74) is 0.822. The van der Waals surface area contributed by atoms with Crippen LogP contribution in [0.3, 0.4) is 0 Å². The van der Waals surface area contributed by atoms with Gasteiger partial charge in [0.2, 0.25) is 10.0 Å². The first-order valence-corrected chi connectivity index (χ1v) is 16.1. The number of nitrogens with one attached hydrogen (secondary N) is 1. The second kappa shape index (κ2) is 24.5. The summed E-state index contributed by atoms with van der Waals surface area (Å²) in [4.78, 5) is 47.1. The van der Waals surface area contributed by atoms with Gasteiger partial charge in [-0.05, 0) is 36.5 Å². The third-order valence-corrected chi connectivity index (χ3v) is 7.67. The minimum atomic E-state index is -3.90. The predicted molar refractivity (Wildman–Crippen MR) is 155 cm³/mol. The van der Waals surface area contributed by atoms with E-state index in [2.05, 4.69) is 5.32 Å². The monoisotopic (exact) mass is 675 g/mol. The number of nitro benzene ring substituents is 1. The Morgan fingerprint density at radius 1 is 1.14 bits per heavy atom. The molecule has 2 atom stereocenters. The summed E-state index contributed by atoms with van der Waals surface area (Å²) in [7, 11) is -7.02. The van der Waals surface area contributed by atoms with Crippen LogP contribution in [0.15, 0.2) is 59.5 Å². The second-order valence-corrected chi connectivity index (χ2v) is 11.9. The zero-order valence-corrected chi connectivity index (χ0v) is 32.0. The Labute approximate surface area is 305 Å². The van der Waals surface area contributed by atoms with Crippen LogP contribution in [0.5, 0.6) is 0 Å². The largest absolute Gasteiger partial charge is 1.00 e. The van der Waals surface area contributed by atoms with Crippen molar-refractivity contribution in [1.29, 1.82) is 0 Å². The van der Waals surface area contributed by atoms with Gasteiger partial charge in [0.1, 0.15) is 6.10 Å². The molecule has 1 unspecified atom stereocenters. The maximum atomic E-state index is 13.4. The Hall–Kier alpha value is -0.710. The minimum absolute atomic E-state index is 0. The summed E-state index contributed by atoms with van der Waals surface area (Å²) < 4.78 is 38.9. The van der Waals surface area contributed by atoms with Crippen molar-refractivity contribution < 1.29 is 101 Å². The van der Waals surface area contributed by atoms with Gasteiger partial charge in [-0.15, -0.1) is 0 Å². The number of amides is 1. The molecule has 2 aromatic rings. The summed E-state index contributed by atoms with van der Waals surface area (Å²) in [5.74, 6) is 0.0469. The molecule has 1 amide bonds. The number of nitro groups is 1. The Morgan fingerprint density at radius 2 is 1.70 bits per heavy atom. The molecule has 0 spiro atoms. The van der Waals surface area contributed by atoms with E-state index in [1.807, 2.05) is 58.0 Å². The third kappa shape index (κ3) is 17.8. The summed E-state index contributed by atoms with van der Waals surface area (Å²) in [5, 5.41) is 13.9. The number of non-ortho nitro benzene ring substituents is 1. The number of nitrogens with zero attached hydrogens (tertiary/aromatic N) is 2. The molecule has 236 valence electrons. The molecule has 1 saturated heterocycles. The van der Waals surface area contributed by atoms with Crippen molar-refractivity contribution in [1.82, 2.24) is 9.62 Å². The molecule has 0 radical (unpaired) electrons. The first-order chi connectivity index (χ1) is 19.9. The average Bonchev–Trinajstić information content (AvgIpc) is 3.45. The normalized spacial score (nSPS) is 14.6. The van der Waals surface area contributed by atoms with Crippen LogP contribution < -0.4 is 74.2 Å². The summed E-state index contributed by atoms with van der Waals surface area (Å²) >= 11 is 0. The van der Waals surface area contributed by atoms with Gasteiger partial charge in [0, 0.05) is 37.7 Å². The van der Waals surface area contributed by atoms with Crippen LogP contribution in [0.4, 0.5) is 10.5 Å². The van der Waals surface area contributed by atoms with Crippen LogP contribution in [-0.2, 0) is 25.9 Å². The number of carbonyl (C=O) groups is 1. The molecule has 1 aliphatic rings. The van der Waals surface area contributed by atoms with E-state index in [-0.39, 0.29) is 101 Å². The number of hydrogen-bond acceptors (Lipinski definition) is 10. The Balaban J connectivity index is 0. The molecule has 2 N–H and O–H groups in total. The number of ether oxygens (including phenoxy) is 2. The fourth-order valence-corrected chi connectivity index (χ4v) is 5.61. The number of alkyl carbamates (subject to hydrolysis) is 1. The average molecular weight is 676 g/mol. The predicted octanol–water partition coefficient (Wildman–Crippen LogP) is -3.28. The van der Waals surface area contributed by atoms with Crippen molar-refractivity contribution >= 4 is 30.4 Å². The fourth-order valence-electron chi connectivity index (χ4n) is 3.99. The number of benzene rings is 2. The molecule has 0 saturated carbocycles. The van der Waals surface area contributed by atoms with Crippen LogP contribution in [-0.4, -0.2) is 67.1 Å². The van der Waals surface area contributed by atoms with Crippen molar-refractivity contribution in [2.75, 3.05) is 26.3 Å². The van der Waals surface area contributed by atoms with E-state index in [1.165, 1.54) is 28.6 Å². The van der Waals surface area contributed by atoms with Crippen LogP contribution in [0.2, 0.25) is 0 Å². The van der Waals surface area contributed by atoms with Gasteiger partial charge in [-0.3, -0.25) is 10.1 Å². The van der Waals surface area contributed by atoms with E-state index in [0.29, 0.717) is 32.5 Å². The van der Waals surface area contributed by atoms with E-state index in [1.54, 1.807) is 0 Å². The van der Waals surface area contributed by atoms with Gasteiger partial charge < -0.3 is 29.5 Å². The Morgan fingerprint density at radius 3 is 2.18 bits per heavy atom. The Kier molecular flexibility index (Phi) is 25.2. The molecule has 0 aromatic heterocycles. The van der Waals surface area contributed by atoms with E-state index < -0.39 is 29.6 Å². The molecular formula is C27H40N3Na2O10PS. The van der Waals surface area contributed by atoms with Gasteiger partial charge in [-0.1, -0.05) is 58.0 Å². The Bertz CT molecular complexity index is 1170. The van der Waals surface area contributed by atoms with Crippen LogP contribution in [0.25, 0.3) is 0 Å². The smallest absolute Gasteiger partial charge is 0.820 e. The zero-order valence-electron chi connectivity index (χ0n) is 26.2. The minimum Gasteiger partial charge on any atom is -0.820 e. The van der Waals surface area contributed by atoms with Gasteiger partial charge >= 0.3 is 65.2 Å². The SMILES string of the molecule is CC.CC(C)CN(CC[C@H](Cc1ccccc1)NC(=O)OC1CCOC1)S(=O)(=O)c1ccc([N+](=O)[O-])cc1.[Na+].[Na+].[O-]P([O-])O. The number of rotatable bonds is 12. The molecule has 1 aliphatic heterocycles. The number of carbonyl (C=O) groups excluding carboxylic acids is 1. The summed E-state index contributed by atoms with van der Waals surface area (Å²) in [6, 6.07) is 14.1. The molecule has 0 bridgehead atoms. The van der Waals surface area contributed by atoms with Gasteiger partial charge in [-0.2, -0.15) is 12.9 Å². The first-order valence-electron chi connectivity index (χ1n) is 13.5. The zero-order chi connectivity index (χ0) is 31.7. The van der Waals surface area contributed by atoms with E-state index >= 15 is 0 Å². The molecule has 13 nitrogen and oxygen atoms in total. The first kappa shape index (κ1) is 45.4. The fraction of sp³-hybridized carbons (Fsp3) is 0.519. The standard InChI is InChI=1S/C25H33N3O7S.C2H6.2Na.HO3P/c1-19(2)17-27(36(32,33)24-10-8-22(9-11-24)28(30)31)14-12-21(16-20-6-4-3-5-7-20)26-25(29)35-23-13-15-34-18-23;1-2;;;1-4(2)3/h3-11,19,21,23H,12-18H2,1-2H3,(H,26,29);1-2H3;;;1H/q;;2*+1;-2/t21-,23?;;;;/m1..../s1. The van der Waals surface area contributed by atoms with Crippen molar-refractivity contribution in [2.24, 2.45) is 5.92 Å². The summed E-state index contributed by atoms with van der Waals surface area (Å²) in [6.07, 6.45) is 0.656. The van der Waals surface area contributed by atoms with E-state index in [0.717, 1.165) is 5.56 Å². The van der Waals surface area contributed by atoms with Crippen LogP contribution in [0, 0.1) is 16.0 Å². The third-order valence-electron chi connectivity index (χ3n) is 5.79. The van der Waals surface area contributed by atoms with Crippen molar-refractivity contribution in [3.63, 3.8) is 0 Å². The van der Waals surface area contributed by atoms with Crippen molar-refractivity contribution in [2.45, 2.75) is 64.0 Å². The van der Waals surface area contributed by atoms with Crippen LogP contribution in [0.1, 0.15) is 46.1 Å². The molecule has 0 aliphatic carbocycles. The topological polar surface area (TPSA) is 194 Å². The van der Waals surface area contributed by atoms with Gasteiger partial charge in [0.25, 0.3) is 5.69 Å². The summed E-state index contributed by atoms with van der Waals surface area (Å²) in [6.45, 7) is 9.17. The quantitative estimate of drug-likeness (QED) is 0.0997. The molecular weight excluding hydrogens is 635 g/mol. The van der Waals surface area contributed by atoms with Crippen LogP contribution >= 0.6 is 8.60 Å². The molecule has 17 heteroatoms. The number of hydrogen-bond donors (Lipinski definition) is 2. The molecule has 1 heterocycles. The van der Waals surface area contributed by atoms with E-state index in [9.17, 15) is 23.3 Å². The molecule has 44 heavy (non-hydrogen) atoms. The maximum absolute atomic E-state index is 13.4. The maximum Gasteiger partial charge on any atom is 1.00 e. The second-order valence-electron chi connectivity index (χ2n) is 9.46. The molecule has 1 fully saturated rings.